The van der Waals surface area contributed by atoms with E-state index < -0.39 is 0 Å². The number of hydrogen-bond donors (Lipinski definition) is 2. The van der Waals surface area contributed by atoms with Crippen LogP contribution in [0.5, 0.6) is 0 Å². The van der Waals surface area contributed by atoms with E-state index in [1.54, 1.807) is 35.6 Å². The maximum atomic E-state index is 12.1. The lowest BCUT2D eigenvalue weighted by Crippen LogP contribution is -2.13. The molecule has 0 unspecified atom stereocenters. The first kappa shape index (κ1) is 16.4. The van der Waals surface area contributed by atoms with E-state index >= 15 is 0 Å². The lowest BCUT2D eigenvalue weighted by molar-refractivity contribution is -0.116. The molecule has 0 spiro atoms. The Morgan fingerprint density at radius 3 is 2.33 bits per heavy atom. The summed E-state index contributed by atoms with van der Waals surface area (Å²) in [7, 11) is 0. The fraction of sp³-hybridized carbons (Fsp3) is 0.111. The van der Waals surface area contributed by atoms with Gasteiger partial charge < -0.3 is 10.6 Å². The molecule has 3 aromatic rings. The minimum Gasteiger partial charge on any atom is -0.326 e. The van der Waals surface area contributed by atoms with Crippen molar-refractivity contribution in [2.75, 3.05) is 10.6 Å². The molecule has 122 valence electrons. The maximum Gasteiger partial charge on any atom is 0.265 e. The van der Waals surface area contributed by atoms with Crippen LogP contribution in [0.1, 0.15) is 21.0 Å². The molecule has 2 amide bonds. The number of nitrogens with one attached hydrogen (secondary N) is 2. The average molecular weight is 356 g/mol. The van der Waals surface area contributed by atoms with E-state index in [1.807, 2.05) is 35.0 Å². The highest BCUT2D eigenvalue weighted by molar-refractivity contribution is 7.12. The molecule has 24 heavy (non-hydrogen) atoms. The Labute approximate surface area is 148 Å². The zero-order chi connectivity index (χ0) is 16.8. The normalized spacial score (nSPS) is 10.3. The van der Waals surface area contributed by atoms with Gasteiger partial charge >= 0.3 is 0 Å². The molecule has 3 rings (SSSR count). The van der Waals surface area contributed by atoms with E-state index in [4.69, 9.17) is 0 Å². The predicted octanol–water partition coefficient (Wildman–Crippen LogP) is 4.63. The molecule has 0 saturated carbocycles. The minimum absolute atomic E-state index is 0.0369. The topological polar surface area (TPSA) is 58.2 Å². The van der Waals surface area contributed by atoms with Crippen LogP contribution >= 0.6 is 22.7 Å². The van der Waals surface area contributed by atoms with Crippen LogP contribution in [0.2, 0.25) is 0 Å². The Balaban J connectivity index is 1.56. The summed E-state index contributed by atoms with van der Waals surface area (Å²) in [5.74, 6) is -0.184. The van der Waals surface area contributed by atoms with Crippen LogP contribution in [-0.4, -0.2) is 11.8 Å². The monoisotopic (exact) mass is 356 g/mol. The molecule has 2 heterocycles. The van der Waals surface area contributed by atoms with Gasteiger partial charge in [-0.3, -0.25) is 9.59 Å². The number of rotatable bonds is 6. The van der Waals surface area contributed by atoms with Gasteiger partial charge in [0.1, 0.15) is 0 Å². The van der Waals surface area contributed by atoms with E-state index in [-0.39, 0.29) is 11.8 Å². The molecule has 0 atom stereocenters. The summed E-state index contributed by atoms with van der Waals surface area (Å²) in [6.45, 7) is 0. The van der Waals surface area contributed by atoms with Crippen molar-refractivity contribution < 1.29 is 9.59 Å². The summed E-state index contributed by atoms with van der Waals surface area (Å²) in [6, 6.07) is 14.8. The Kier molecular flexibility index (Phi) is 5.40. The number of benzene rings is 1. The average Bonchev–Trinajstić information content (AvgIpc) is 3.27. The van der Waals surface area contributed by atoms with E-state index in [0.717, 1.165) is 6.42 Å². The predicted molar refractivity (Wildman–Crippen MR) is 100.0 cm³/mol. The van der Waals surface area contributed by atoms with Gasteiger partial charge in [0.05, 0.1) is 4.88 Å². The van der Waals surface area contributed by atoms with Crippen molar-refractivity contribution in [3.8, 4) is 0 Å². The van der Waals surface area contributed by atoms with Crippen LogP contribution in [0, 0.1) is 0 Å². The van der Waals surface area contributed by atoms with Crippen molar-refractivity contribution in [2.24, 2.45) is 0 Å². The van der Waals surface area contributed by atoms with Crippen molar-refractivity contribution in [1.82, 2.24) is 0 Å². The minimum atomic E-state index is -0.147. The fourth-order valence-electron chi connectivity index (χ4n) is 2.19. The lowest BCUT2D eigenvalue weighted by atomic mass is 10.2. The highest BCUT2D eigenvalue weighted by Crippen LogP contribution is 2.18. The Morgan fingerprint density at radius 2 is 1.62 bits per heavy atom. The Morgan fingerprint density at radius 1 is 0.875 bits per heavy atom. The third-order valence-corrected chi connectivity index (χ3v) is 5.13. The van der Waals surface area contributed by atoms with Gasteiger partial charge in [-0.05, 0) is 47.5 Å². The summed E-state index contributed by atoms with van der Waals surface area (Å²) < 4.78 is 0. The van der Waals surface area contributed by atoms with Gasteiger partial charge in [0.25, 0.3) is 5.91 Å². The van der Waals surface area contributed by atoms with E-state index in [2.05, 4.69) is 10.6 Å². The molecule has 4 nitrogen and oxygen atoms in total. The fourth-order valence-corrected chi connectivity index (χ4v) is 3.52. The number of carbonyl (C=O) groups is 2. The second-order valence-corrected chi connectivity index (χ2v) is 7.12. The van der Waals surface area contributed by atoms with Gasteiger partial charge in [0, 0.05) is 22.7 Å². The largest absolute Gasteiger partial charge is 0.326 e. The van der Waals surface area contributed by atoms with Gasteiger partial charge in [-0.15, -0.1) is 22.7 Å². The van der Waals surface area contributed by atoms with Gasteiger partial charge in [-0.1, -0.05) is 18.2 Å². The molecule has 0 radical (unpaired) electrons. The number of aryl methyl sites for hydroxylation is 1. The Bertz CT molecular complexity index is 811. The lowest BCUT2D eigenvalue weighted by Gasteiger charge is -2.08. The van der Waals surface area contributed by atoms with Gasteiger partial charge in [0.15, 0.2) is 0 Å². The van der Waals surface area contributed by atoms with Gasteiger partial charge in [0.2, 0.25) is 5.91 Å². The van der Waals surface area contributed by atoms with Crippen LogP contribution in [0.15, 0.2) is 59.3 Å². The first-order valence-electron chi connectivity index (χ1n) is 7.48. The quantitative estimate of drug-likeness (QED) is 0.676. The summed E-state index contributed by atoms with van der Waals surface area (Å²) in [5, 5.41) is 9.57. The number of carbonyl (C=O) groups excluding carboxylic acids is 2. The molecule has 2 aromatic heterocycles. The van der Waals surface area contributed by atoms with Crippen LogP contribution in [0.3, 0.4) is 0 Å². The van der Waals surface area contributed by atoms with Crippen molar-refractivity contribution in [3.05, 3.63) is 69.0 Å². The molecule has 2 N–H and O–H groups in total. The molecule has 0 fully saturated rings. The molecular weight excluding hydrogens is 340 g/mol. The number of thiophene rings is 2. The third kappa shape index (κ3) is 4.53. The summed E-state index contributed by atoms with van der Waals surface area (Å²) in [5.41, 5.74) is 1.33. The second kappa shape index (κ2) is 7.90. The number of hydrogen-bond acceptors (Lipinski definition) is 4. The van der Waals surface area contributed by atoms with Crippen molar-refractivity contribution in [2.45, 2.75) is 12.8 Å². The van der Waals surface area contributed by atoms with Crippen molar-refractivity contribution in [1.29, 1.82) is 0 Å². The smallest absolute Gasteiger partial charge is 0.265 e. The highest BCUT2D eigenvalue weighted by Gasteiger charge is 2.08. The van der Waals surface area contributed by atoms with Gasteiger partial charge in [-0.2, -0.15) is 0 Å². The van der Waals surface area contributed by atoms with Gasteiger partial charge in [-0.25, -0.2) is 0 Å². The molecule has 0 aliphatic heterocycles. The van der Waals surface area contributed by atoms with Crippen LogP contribution in [-0.2, 0) is 11.2 Å². The van der Waals surface area contributed by atoms with E-state index in [1.165, 1.54) is 16.2 Å². The third-order valence-electron chi connectivity index (χ3n) is 3.33. The molecule has 0 bridgehead atoms. The molecule has 1 aromatic carbocycles. The second-order valence-electron chi connectivity index (χ2n) is 5.14. The molecule has 0 aliphatic carbocycles. The first-order chi connectivity index (χ1) is 11.7. The summed E-state index contributed by atoms with van der Waals surface area (Å²) in [6.07, 6.45) is 1.17. The van der Waals surface area contributed by atoms with E-state index in [9.17, 15) is 9.59 Å². The summed E-state index contributed by atoms with van der Waals surface area (Å²) >= 11 is 3.04. The maximum absolute atomic E-state index is 12.1. The first-order valence-corrected chi connectivity index (χ1v) is 9.24. The standard InChI is InChI=1S/C18H16N2O2S2/c21-17(9-8-15-6-2-10-23-15)19-13-4-1-5-14(12-13)20-18(22)16-7-3-11-24-16/h1-7,10-12H,8-9H2,(H,19,21)(H,20,22). The van der Waals surface area contributed by atoms with Crippen LogP contribution < -0.4 is 10.6 Å². The zero-order valence-corrected chi connectivity index (χ0v) is 14.5. The van der Waals surface area contributed by atoms with Crippen molar-refractivity contribution >= 4 is 45.9 Å². The van der Waals surface area contributed by atoms with Crippen LogP contribution in [0.4, 0.5) is 11.4 Å². The zero-order valence-electron chi connectivity index (χ0n) is 12.8. The molecular formula is C18H16N2O2S2. The SMILES string of the molecule is O=C(CCc1cccs1)Nc1cccc(NC(=O)c2cccs2)c1. The Hall–Kier alpha value is -2.44. The molecule has 0 saturated heterocycles. The summed E-state index contributed by atoms with van der Waals surface area (Å²) in [4.78, 5) is 25.9. The molecule has 0 aliphatic rings. The highest BCUT2D eigenvalue weighted by atomic mass is 32.1. The van der Waals surface area contributed by atoms with Crippen molar-refractivity contribution in [3.63, 3.8) is 0 Å². The van der Waals surface area contributed by atoms with Crippen LogP contribution in [0.25, 0.3) is 0 Å². The number of anilines is 2. The van der Waals surface area contributed by atoms with E-state index in [0.29, 0.717) is 22.7 Å². The molecule has 6 heteroatoms. The number of amides is 2.